The second kappa shape index (κ2) is 6.04. The number of rotatable bonds is 4. The molecule has 21 heavy (non-hydrogen) atoms. The molecule has 7 heteroatoms. The molecule has 0 radical (unpaired) electrons. The molecule has 1 aliphatic heterocycles. The highest BCUT2D eigenvalue weighted by molar-refractivity contribution is 7.98. The second-order valence-corrected chi connectivity index (χ2v) is 6.44. The highest BCUT2D eigenvalue weighted by Gasteiger charge is 2.37. The van der Waals surface area contributed by atoms with E-state index in [1.54, 1.807) is 6.26 Å². The molecule has 3 rings (SSSR count). The van der Waals surface area contributed by atoms with Gasteiger partial charge in [-0.25, -0.2) is 18.7 Å². The van der Waals surface area contributed by atoms with Crippen molar-refractivity contribution in [1.29, 1.82) is 0 Å². The van der Waals surface area contributed by atoms with Gasteiger partial charge in [-0.2, -0.15) is 0 Å². The molecular weight excluding hydrogens is 296 g/mol. The summed E-state index contributed by atoms with van der Waals surface area (Å²) >= 11 is 1.29. The molecule has 1 aromatic heterocycles. The van der Waals surface area contributed by atoms with Crippen LogP contribution in [0.4, 0.5) is 14.6 Å². The van der Waals surface area contributed by atoms with Crippen molar-refractivity contribution < 1.29 is 13.5 Å². The SMILES string of the molecule is CSc1nc(C(F)F)cc(N2C[C@H](C)O[C@@H](C3CC3)C2)n1. The van der Waals surface area contributed by atoms with E-state index in [1.165, 1.54) is 30.7 Å². The van der Waals surface area contributed by atoms with Crippen molar-refractivity contribution in [3.63, 3.8) is 0 Å². The quantitative estimate of drug-likeness (QED) is 0.630. The van der Waals surface area contributed by atoms with E-state index in [0.717, 1.165) is 6.54 Å². The first-order chi connectivity index (χ1) is 10.1. The minimum atomic E-state index is -2.57. The predicted molar refractivity (Wildman–Crippen MR) is 78.0 cm³/mol. The van der Waals surface area contributed by atoms with E-state index < -0.39 is 6.43 Å². The molecule has 2 aliphatic rings. The minimum absolute atomic E-state index is 0.0899. The highest BCUT2D eigenvalue weighted by Crippen LogP contribution is 2.37. The summed E-state index contributed by atoms with van der Waals surface area (Å²) in [7, 11) is 0. The van der Waals surface area contributed by atoms with Crippen molar-refractivity contribution >= 4 is 17.6 Å². The number of morpholine rings is 1. The lowest BCUT2D eigenvalue weighted by molar-refractivity contribution is -0.0274. The average Bonchev–Trinajstić information content (AvgIpc) is 3.30. The van der Waals surface area contributed by atoms with E-state index in [4.69, 9.17) is 4.74 Å². The van der Waals surface area contributed by atoms with Gasteiger partial charge in [0, 0.05) is 19.2 Å². The van der Waals surface area contributed by atoms with Gasteiger partial charge in [-0.15, -0.1) is 0 Å². The van der Waals surface area contributed by atoms with Gasteiger partial charge in [0.15, 0.2) is 5.16 Å². The van der Waals surface area contributed by atoms with E-state index in [-0.39, 0.29) is 17.9 Å². The lowest BCUT2D eigenvalue weighted by Gasteiger charge is -2.37. The average molecular weight is 315 g/mol. The molecule has 0 amide bonds. The van der Waals surface area contributed by atoms with E-state index in [9.17, 15) is 8.78 Å². The van der Waals surface area contributed by atoms with Crippen LogP contribution in [-0.4, -0.2) is 41.5 Å². The van der Waals surface area contributed by atoms with Crippen LogP contribution in [0.3, 0.4) is 0 Å². The Hall–Kier alpha value is -0.950. The maximum Gasteiger partial charge on any atom is 0.280 e. The molecule has 1 saturated heterocycles. The Labute approximate surface area is 127 Å². The standard InChI is InChI=1S/C14H19F2N3OS/c1-8-6-19(7-11(20-8)9-3-4-9)12-5-10(13(15)16)17-14(18-12)21-2/h5,8-9,11,13H,3-4,6-7H2,1-2H3/t8-,11+/m0/s1. The Morgan fingerprint density at radius 3 is 2.71 bits per heavy atom. The largest absolute Gasteiger partial charge is 0.371 e. The summed E-state index contributed by atoms with van der Waals surface area (Å²) in [5.74, 6) is 1.21. The highest BCUT2D eigenvalue weighted by atomic mass is 32.2. The van der Waals surface area contributed by atoms with Crippen molar-refractivity contribution in [2.24, 2.45) is 5.92 Å². The first kappa shape index (κ1) is 15.0. The summed E-state index contributed by atoms with van der Waals surface area (Å²) in [6.45, 7) is 3.42. The van der Waals surface area contributed by atoms with E-state index in [2.05, 4.69) is 14.9 Å². The van der Waals surface area contributed by atoms with Crippen LogP contribution in [0.15, 0.2) is 11.2 Å². The number of alkyl halides is 2. The van der Waals surface area contributed by atoms with Crippen molar-refractivity contribution in [1.82, 2.24) is 9.97 Å². The molecule has 0 bridgehead atoms. The maximum atomic E-state index is 13.0. The summed E-state index contributed by atoms with van der Waals surface area (Å²) in [6.07, 6.45) is 1.91. The van der Waals surface area contributed by atoms with Gasteiger partial charge < -0.3 is 9.64 Å². The molecule has 0 aromatic carbocycles. The fourth-order valence-electron chi connectivity index (χ4n) is 2.70. The molecule has 2 heterocycles. The smallest absolute Gasteiger partial charge is 0.280 e. The van der Waals surface area contributed by atoms with Crippen LogP contribution in [0.2, 0.25) is 0 Å². The Morgan fingerprint density at radius 1 is 1.33 bits per heavy atom. The summed E-state index contributed by atoms with van der Waals surface area (Å²) in [5, 5.41) is 0.393. The number of hydrogen-bond donors (Lipinski definition) is 0. The van der Waals surface area contributed by atoms with Gasteiger partial charge in [-0.3, -0.25) is 0 Å². The third-order valence-electron chi connectivity index (χ3n) is 3.87. The molecule has 1 aliphatic carbocycles. The molecule has 0 unspecified atom stereocenters. The van der Waals surface area contributed by atoms with Gasteiger partial charge in [0.25, 0.3) is 6.43 Å². The molecule has 0 N–H and O–H groups in total. The molecule has 1 aromatic rings. The zero-order valence-electron chi connectivity index (χ0n) is 12.1. The summed E-state index contributed by atoms with van der Waals surface area (Å²) in [5.41, 5.74) is -0.202. The fourth-order valence-corrected chi connectivity index (χ4v) is 3.08. The number of hydrogen-bond acceptors (Lipinski definition) is 5. The number of ether oxygens (including phenoxy) is 1. The predicted octanol–water partition coefficient (Wildman–Crippen LogP) is 3.14. The van der Waals surface area contributed by atoms with Crippen molar-refractivity contribution in [3.05, 3.63) is 11.8 Å². The van der Waals surface area contributed by atoms with Gasteiger partial charge in [0.2, 0.25) is 0 Å². The normalized spacial score (nSPS) is 26.4. The summed E-state index contributed by atoms with van der Waals surface area (Å²) < 4.78 is 31.9. The molecular formula is C14H19F2N3OS. The Balaban J connectivity index is 1.85. The number of thioether (sulfide) groups is 1. The van der Waals surface area contributed by atoms with Crippen molar-refractivity contribution in [3.8, 4) is 0 Å². The molecule has 1 saturated carbocycles. The minimum Gasteiger partial charge on any atom is -0.371 e. The third-order valence-corrected chi connectivity index (χ3v) is 4.42. The van der Waals surface area contributed by atoms with Gasteiger partial charge in [-0.1, -0.05) is 11.8 Å². The van der Waals surface area contributed by atoms with Crippen molar-refractivity contribution in [2.75, 3.05) is 24.2 Å². The summed E-state index contributed by atoms with van der Waals surface area (Å²) in [4.78, 5) is 10.3. The lowest BCUT2D eigenvalue weighted by Crippen LogP contribution is -2.48. The van der Waals surface area contributed by atoms with E-state index in [0.29, 0.717) is 23.4 Å². The third kappa shape index (κ3) is 3.45. The van der Waals surface area contributed by atoms with Crippen LogP contribution >= 0.6 is 11.8 Å². The molecule has 2 fully saturated rings. The number of nitrogens with zero attached hydrogens (tertiary/aromatic N) is 3. The monoisotopic (exact) mass is 315 g/mol. The van der Waals surface area contributed by atoms with Crippen LogP contribution in [0.5, 0.6) is 0 Å². The fraction of sp³-hybridized carbons (Fsp3) is 0.714. The Morgan fingerprint density at radius 2 is 2.10 bits per heavy atom. The van der Waals surface area contributed by atoms with Gasteiger partial charge in [0.05, 0.1) is 12.2 Å². The lowest BCUT2D eigenvalue weighted by atomic mass is 10.1. The zero-order valence-corrected chi connectivity index (χ0v) is 12.9. The number of anilines is 1. The van der Waals surface area contributed by atoms with Crippen LogP contribution in [0.1, 0.15) is 31.9 Å². The first-order valence-electron chi connectivity index (χ1n) is 7.18. The van der Waals surface area contributed by atoms with Crippen LogP contribution in [0, 0.1) is 5.92 Å². The molecule has 116 valence electrons. The van der Waals surface area contributed by atoms with E-state index in [1.807, 2.05) is 6.92 Å². The zero-order chi connectivity index (χ0) is 15.0. The van der Waals surface area contributed by atoms with Crippen LogP contribution < -0.4 is 4.90 Å². The van der Waals surface area contributed by atoms with Crippen molar-refractivity contribution in [2.45, 2.75) is 43.6 Å². The van der Waals surface area contributed by atoms with Crippen LogP contribution in [-0.2, 0) is 4.74 Å². The molecule has 0 spiro atoms. The Bertz CT molecular complexity index is 513. The van der Waals surface area contributed by atoms with Crippen LogP contribution in [0.25, 0.3) is 0 Å². The van der Waals surface area contributed by atoms with E-state index >= 15 is 0 Å². The molecule has 2 atom stereocenters. The van der Waals surface area contributed by atoms with Gasteiger partial charge in [-0.05, 0) is 31.9 Å². The Kier molecular flexibility index (Phi) is 4.31. The summed E-state index contributed by atoms with van der Waals surface area (Å²) in [6, 6.07) is 1.41. The molecule has 4 nitrogen and oxygen atoms in total. The first-order valence-corrected chi connectivity index (χ1v) is 8.41. The van der Waals surface area contributed by atoms with Gasteiger partial charge in [0.1, 0.15) is 11.5 Å². The maximum absolute atomic E-state index is 13.0. The number of aromatic nitrogens is 2. The second-order valence-electron chi connectivity index (χ2n) is 5.67. The van der Waals surface area contributed by atoms with Gasteiger partial charge >= 0.3 is 0 Å². The number of halogens is 2. The topological polar surface area (TPSA) is 38.2 Å².